The fraction of sp³-hybridized carbons (Fsp3) is 0.286. The quantitative estimate of drug-likeness (QED) is 0.794. The minimum absolute atomic E-state index is 0.686. The van der Waals surface area contributed by atoms with Crippen LogP contribution in [0.4, 0.5) is 5.13 Å². The Morgan fingerprint density at radius 2 is 2.00 bits per heavy atom. The highest BCUT2D eigenvalue weighted by atomic mass is 32.1. The molecule has 0 spiro atoms. The van der Waals surface area contributed by atoms with Crippen LogP contribution < -0.4 is 4.90 Å². The van der Waals surface area contributed by atoms with Crippen molar-refractivity contribution in [3.05, 3.63) is 34.2 Å². The summed E-state index contributed by atoms with van der Waals surface area (Å²) in [5, 5.41) is 0.854. The Kier molecular flexibility index (Phi) is 3.48. The van der Waals surface area contributed by atoms with Gasteiger partial charge in [0.15, 0.2) is 11.4 Å². The second-order valence-corrected chi connectivity index (χ2v) is 5.55. The molecule has 0 fully saturated rings. The van der Waals surface area contributed by atoms with Gasteiger partial charge in [-0.2, -0.15) is 0 Å². The summed E-state index contributed by atoms with van der Waals surface area (Å²) in [5.74, 6) is 0. The van der Waals surface area contributed by atoms with Crippen LogP contribution in [0, 0.1) is 13.8 Å². The minimum Gasteiger partial charge on any atom is -0.354 e. The Hall–Kier alpha value is -1.68. The SMILES string of the molecule is Cc1ccc(-c2nc(N(C)C)sc2C=O)c(C)c1. The van der Waals surface area contributed by atoms with E-state index in [2.05, 4.69) is 18.0 Å². The lowest BCUT2D eigenvalue weighted by atomic mass is 10.0. The molecule has 0 bridgehead atoms. The summed E-state index contributed by atoms with van der Waals surface area (Å²) in [6.07, 6.45) is 0.888. The number of benzene rings is 1. The molecule has 0 unspecified atom stereocenters. The van der Waals surface area contributed by atoms with Gasteiger partial charge in [-0.25, -0.2) is 4.98 Å². The van der Waals surface area contributed by atoms with Crippen molar-refractivity contribution in [1.82, 2.24) is 4.98 Å². The van der Waals surface area contributed by atoms with E-state index < -0.39 is 0 Å². The van der Waals surface area contributed by atoms with E-state index in [9.17, 15) is 4.79 Å². The maximum atomic E-state index is 11.2. The number of carbonyl (C=O) groups is 1. The van der Waals surface area contributed by atoms with E-state index in [1.807, 2.05) is 38.1 Å². The number of aryl methyl sites for hydroxylation is 2. The predicted molar refractivity (Wildman–Crippen MR) is 76.7 cm³/mol. The van der Waals surface area contributed by atoms with Gasteiger partial charge in [-0.3, -0.25) is 4.79 Å². The molecule has 0 saturated carbocycles. The van der Waals surface area contributed by atoms with Crippen LogP contribution in [-0.4, -0.2) is 25.4 Å². The van der Waals surface area contributed by atoms with Crippen LogP contribution >= 0.6 is 11.3 Å². The Bertz CT molecular complexity index is 587. The Morgan fingerprint density at radius 1 is 1.28 bits per heavy atom. The van der Waals surface area contributed by atoms with Crippen molar-refractivity contribution in [2.45, 2.75) is 13.8 Å². The summed E-state index contributed by atoms with van der Waals surface area (Å²) in [5.41, 5.74) is 4.18. The van der Waals surface area contributed by atoms with Gasteiger partial charge in [0.05, 0.1) is 10.6 Å². The maximum Gasteiger partial charge on any atom is 0.186 e. The van der Waals surface area contributed by atoms with Crippen LogP contribution in [0.3, 0.4) is 0 Å². The predicted octanol–water partition coefficient (Wildman–Crippen LogP) is 3.31. The fourth-order valence-corrected chi connectivity index (χ4v) is 2.68. The Labute approximate surface area is 111 Å². The summed E-state index contributed by atoms with van der Waals surface area (Å²) in [6.45, 7) is 4.11. The lowest BCUT2D eigenvalue weighted by Crippen LogP contribution is -2.07. The molecule has 0 aliphatic rings. The monoisotopic (exact) mass is 260 g/mol. The molecule has 2 rings (SSSR count). The first kappa shape index (κ1) is 12.8. The lowest BCUT2D eigenvalue weighted by molar-refractivity contribution is 0.112. The molecule has 1 aromatic carbocycles. The summed E-state index contributed by atoms with van der Waals surface area (Å²) in [4.78, 5) is 18.3. The van der Waals surface area contributed by atoms with Gasteiger partial charge in [-0.15, -0.1) is 0 Å². The largest absolute Gasteiger partial charge is 0.354 e. The van der Waals surface area contributed by atoms with E-state index >= 15 is 0 Å². The summed E-state index contributed by atoms with van der Waals surface area (Å²) in [7, 11) is 3.86. The third kappa shape index (κ3) is 2.29. The molecule has 1 aromatic heterocycles. The van der Waals surface area contributed by atoms with Gasteiger partial charge in [0.25, 0.3) is 0 Å². The van der Waals surface area contributed by atoms with Crippen LogP contribution in [0.5, 0.6) is 0 Å². The molecule has 0 aliphatic heterocycles. The molecule has 0 amide bonds. The Balaban J connectivity index is 2.59. The number of aldehydes is 1. The van der Waals surface area contributed by atoms with Gasteiger partial charge in [0.1, 0.15) is 0 Å². The van der Waals surface area contributed by atoms with E-state index in [0.29, 0.717) is 4.88 Å². The molecule has 94 valence electrons. The zero-order valence-electron chi connectivity index (χ0n) is 11.0. The number of anilines is 1. The van der Waals surface area contributed by atoms with E-state index in [1.54, 1.807) is 0 Å². The topological polar surface area (TPSA) is 33.2 Å². The van der Waals surface area contributed by atoms with E-state index in [1.165, 1.54) is 16.9 Å². The molecule has 0 saturated heterocycles. The molecular weight excluding hydrogens is 244 g/mol. The average Bonchev–Trinajstić information content (AvgIpc) is 2.73. The normalized spacial score (nSPS) is 10.4. The first-order chi connectivity index (χ1) is 8.52. The summed E-state index contributed by atoms with van der Waals surface area (Å²) >= 11 is 1.42. The van der Waals surface area contributed by atoms with Gasteiger partial charge < -0.3 is 4.90 Å². The number of rotatable bonds is 3. The second-order valence-electron chi connectivity index (χ2n) is 4.54. The summed E-state index contributed by atoms with van der Waals surface area (Å²) in [6, 6.07) is 6.19. The highest BCUT2D eigenvalue weighted by Gasteiger charge is 2.15. The van der Waals surface area contributed by atoms with Crippen molar-refractivity contribution in [3.8, 4) is 11.3 Å². The molecule has 4 heteroatoms. The van der Waals surface area contributed by atoms with Gasteiger partial charge in [-0.05, 0) is 19.4 Å². The van der Waals surface area contributed by atoms with Crippen LogP contribution in [0.2, 0.25) is 0 Å². The third-order valence-corrected chi connectivity index (χ3v) is 3.92. The van der Waals surface area contributed by atoms with Gasteiger partial charge >= 0.3 is 0 Å². The van der Waals surface area contributed by atoms with Crippen molar-refractivity contribution in [2.75, 3.05) is 19.0 Å². The Morgan fingerprint density at radius 3 is 2.56 bits per heavy atom. The molecule has 0 atom stereocenters. The zero-order chi connectivity index (χ0) is 13.3. The van der Waals surface area contributed by atoms with Gasteiger partial charge in [0, 0.05) is 19.7 Å². The van der Waals surface area contributed by atoms with Crippen LogP contribution in [-0.2, 0) is 0 Å². The molecule has 0 radical (unpaired) electrons. The van der Waals surface area contributed by atoms with Crippen molar-refractivity contribution in [3.63, 3.8) is 0 Å². The van der Waals surface area contributed by atoms with E-state index in [-0.39, 0.29) is 0 Å². The lowest BCUT2D eigenvalue weighted by Gasteiger charge is -2.06. The number of nitrogens with zero attached hydrogens (tertiary/aromatic N) is 2. The standard InChI is InChI=1S/C14H16N2OS/c1-9-5-6-11(10(2)7-9)13-12(8-17)18-14(15-13)16(3)4/h5-8H,1-4H3. The number of carbonyl (C=O) groups excluding carboxylic acids is 1. The fourth-order valence-electron chi connectivity index (χ4n) is 1.86. The van der Waals surface area contributed by atoms with Crippen molar-refractivity contribution >= 4 is 22.8 Å². The molecule has 2 aromatic rings. The van der Waals surface area contributed by atoms with Crippen LogP contribution in [0.1, 0.15) is 20.8 Å². The number of hydrogen-bond donors (Lipinski definition) is 0. The summed E-state index contributed by atoms with van der Waals surface area (Å²) < 4.78 is 0. The number of aromatic nitrogens is 1. The first-order valence-corrected chi connectivity index (χ1v) is 6.55. The van der Waals surface area contributed by atoms with Crippen molar-refractivity contribution in [2.24, 2.45) is 0 Å². The van der Waals surface area contributed by atoms with E-state index in [0.717, 1.165) is 28.2 Å². The molecule has 3 nitrogen and oxygen atoms in total. The van der Waals surface area contributed by atoms with Crippen LogP contribution in [0.25, 0.3) is 11.3 Å². The smallest absolute Gasteiger partial charge is 0.186 e. The molecule has 0 aliphatic carbocycles. The van der Waals surface area contributed by atoms with Crippen LogP contribution in [0.15, 0.2) is 18.2 Å². The number of hydrogen-bond acceptors (Lipinski definition) is 4. The molecule has 0 N–H and O–H groups in total. The second kappa shape index (κ2) is 4.90. The third-order valence-electron chi connectivity index (χ3n) is 2.77. The minimum atomic E-state index is 0.686. The van der Waals surface area contributed by atoms with Gasteiger partial charge in [0.2, 0.25) is 0 Å². The highest BCUT2D eigenvalue weighted by Crippen LogP contribution is 2.33. The highest BCUT2D eigenvalue weighted by molar-refractivity contribution is 7.17. The van der Waals surface area contributed by atoms with Crippen molar-refractivity contribution < 1.29 is 4.79 Å². The van der Waals surface area contributed by atoms with Crippen molar-refractivity contribution in [1.29, 1.82) is 0 Å². The average molecular weight is 260 g/mol. The maximum absolute atomic E-state index is 11.2. The number of thiazole rings is 1. The van der Waals surface area contributed by atoms with Gasteiger partial charge in [-0.1, -0.05) is 35.1 Å². The molecular formula is C14H16N2OS. The molecule has 18 heavy (non-hydrogen) atoms. The van der Waals surface area contributed by atoms with E-state index in [4.69, 9.17) is 0 Å². The molecule has 1 heterocycles. The zero-order valence-corrected chi connectivity index (χ0v) is 11.8. The first-order valence-electron chi connectivity index (χ1n) is 5.74.